The lowest BCUT2D eigenvalue weighted by atomic mass is 10.00. The molecular weight excluding hydrogens is 227 g/mol. The molecule has 0 aliphatic carbocycles. The van der Waals surface area contributed by atoms with E-state index < -0.39 is 17.9 Å². The molecule has 2 rings (SSSR count). The van der Waals surface area contributed by atoms with Crippen molar-refractivity contribution in [1.82, 2.24) is 0 Å². The van der Waals surface area contributed by atoms with Crippen LogP contribution in [-0.4, -0.2) is 23.8 Å². The van der Waals surface area contributed by atoms with Gasteiger partial charge in [-0.1, -0.05) is 0 Å². The van der Waals surface area contributed by atoms with Gasteiger partial charge in [-0.05, 0) is 25.1 Å². The van der Waals surface area contributed by atoms with E-state index in [4.69, 9.17) is 14.6 Å². The smallest absolute Gasteiger partial charge is 0.233 e. The molecule has 5 heteroatoms. The summed E-state index contributed by atoms with van der Waals surface area (Å²) >= 11 is 0. The molecule has 0 bridgehead atoms. The van der Waals surface area contributed by atoms with Crippen molar-refractivity contribution in [2.75, 3.05) is 6.61 Å². The fraction of sp³-hybridized carbons (Fsp3) is 0.250. The molecule has 0 spiro atoms. The molecule has 1 aromatic rings. The maximum atomic E-state index is 13.0. The highest BCUT2D eigenvalue weighted by atomic mass is 19.1. The Bertz CT molecular complexity index is 481. The minimum Gasteiger partial charge on any atom is -0.515 e. The number of aliphatic hydroxyl groups is 1. The number of carbonyl (C=O) groups is 1. The van der Waals surface area contributed by atoms with Crippen LogP contribution < -0.4 is 4.74 Å². The lowest BCUT2D eigenvalue weighted by Gasteiger charge is -2.26. The van der Waals surface area contributed by atoms with Gasteiger partial charge in [-0.3, -0.25) is 4.79 Å². The van der Waals surface area contributed by atoms with Crippen LogP contribution in [0.5, 0.6) is 5.75 Å². The highest BCUT2D eigenvalue weighted by Crippen LogP contribution is 2.31. The monoisotopic (exact) mass is 238 g/mol. The van der Waals surface area contributed by atoms with Gasteiger partial charge in [0.15, 0.2) is 0 Å². The summed E-state index contributed by atoms with van der Waals surface area (Å²) in [5, 5.41) is 9.02. The molecule has 90 valence electrons. The van der Waals surface area contributed by atoms with Crippen molar-refractivity contribution in [3.05, 3.63) is 41.4 Å². The molecule has 1 aromatic carbocycles. The van der Waals surface area contributed by atoms with Crippen molar-refractivity contribution < 1.29 is 23.8 Å². The predicted octanol–water partition coefficient (Wildman–Crippen LogP) is 2.21. The summed E-state index contributed by atoms with van der Waals surface area (Å²) in [6.45, 7) is 2.06. The van der Waals surface area contributed by atoms with Gasteiger partial charge in [-0.25, -0.2) is 4.39 Å². The molecule has 4 nitrogen and oxygen atoms in total. The number of hydrogen-bond acceptors (Lipinski definition) is 4. The Hall–Kier alpha value is -1.88. The van der Waals surface area contributed by atoms with E-state index in [9.17, 15) is 9.18 Å². The number of halogens is 1. The molecule has 1 N–H and O–H groups in total. The minimum absolute atomic E-state index is 0.0371. The average Bonchev–Trinajstić information content (AvgIpc) is 2.31. The van der Waals surface area contributed by atoms with E-state index in [0.717, 1.165) is 6.07 Å². The van der Waals surface area contributed by atoms with Crippen LogP contribution in [-0.2, 0) is 4.74 Å². The van der Waals surface area contributed by atoms with E-state index >= 15 is 0 Å². The molecule has 0 amide bonds. The van der Waals surface area contributed by atoms with Gasteiger partial charge in [0.05, 0.1) is 11.8 Å². The van der Waals surface area contributed by atoms with Crippen LogP contribution in [0.4, 0.5) is 4.39 Å². The van der Waals surface area contributed by atoms with Gasteiger partial charge < -0.3 is 14.6 Å². The molecule has 1 atom stereocenters. The quantitative estimate of drug-likeness (QED) is 0.634. The second-order valence-electron chi connectivity index (χ2n) is 3.46. The van der Waals surface area contributed by atoms with Crippen LogP contribution in [0.2, 0.25) is 0 Å². The lowest BCUT2D eigenvalue weighted by molar-refractivity contribution is -0.0521. The molecule has 1 aliphatic heterocycles. The molecule has 0 radical (unpaired) electrons. The largest absolute Gasteiger partial charge is 0.515 e. The van der Waals surface area contributed by atoms with E-state index in [1.807, 2.05) is 0 Å². The zero-order valence-electron chi connectivity index (χ0n) is 9.14. The van der Waals surface area contributed by atoms with Gasteiger partial charge in [0.1, 0.15) is 17.1 Å². The maximum Gasteiger partial charge on any atom is 0.233 e. The van der Waals surface area contributed by atoms with Gasteiger partial charge >= 0.3 is 0 Å². The first-order valence-corrected chi connectivity index (χ1v) is 5.14. The molecule has 0 saturated carbocycles. The maximum absolute atomic E-state index is 13.0. The zero-order valence-corrected chi connectivity index (χ0v) is 9.14. The summed E-state index contributed by atoms with van der Waals surface area (Å²) in [7, 11) is 0. The van der Waals surface area contributed by atoms with Crippen molar-refractivity contribution >= 4 is 5.78 Å². The van der Waals surface area contributed by atoms with Gasteiger partial charge in [0.25, 0.3) is 0 Å². The van der Waals surface area contributed by atoms with E-state index in [2.05, 4.69) is 0 Å². The molecule has 0 aromatic heterocycles. The Morgan fingerprint density at radius 1 is 1.59 bits per heavy atom. The topological polar surface area (TPSA) is 55.8 Å². The van der Waals surface area contributed by atoms with E-state index in [1.54, 1.807) is 6.92 Å². The highest BCUT2D eigenvalue weighted by molar-refractivity contribution is 6.11. The number of aliphatic hydroxyl groups excluding tert-OH is 1. The fourth-order valence-corrected chi connectivity index (χ4v) is 1.62. The average molecular weight is 238 g/mol. The van der Waals surface area contributed by atoms with Crippen LogP contribution in [0.1, 0.15) is 17.3 Å². The molecule has 17 heavy (non-hydrogen) atoms. The summed E-state index contributed by atoms with van der Waals surface area (Å²) in [5.74, 6) is -0.778. The normalized spacial score (nSPS) is 21.2. The van der Waals surface area contributed by atoms with E-state index in [0.29, 0.717) is 12.9 Å². The number of fused-ring (bicyclic) bond motifs is 1. The van der Waals surface area contributed by atoms with Crippen LogP contribution in [0.3, 0.4) is 0 Å². The van der Waals surface area contributed by atoms with Gasteiger partial charge in [-0.2, -0.15) is 0 Å². The number of rotatable bonds is 2. The highest BCUT2D eigenvalue weighted by Gasteiger charge is 2.32. The predicted molar refractivity (Wildman–Crippen MR) is 57.5 cm³/mol. The Morgan fingerprint density at radius 3 is 3.00 bits per heavy atom. The molecule has 1 unspecified atom stereocenters. The summed E-state index contributed by atoms with van der Waals surface area (Å²) < 4.78 is 23.6. The van der Waals surface area contributed by atoms with Crippen LogP contribution >= 0.6 is 0 Å². The van der Waals surface area contributed by atoms with Crippen LogP contribution in [0.25, 0.3) is 0 Å². The third kappa shape index (κ3) is 2.01. The van der Waals surface area contributed by atoms with Crippen molar-refractivity contribution in [3.8, 4) is 5.75 Å². The first kappa shape index (κ1) is 11.6. The number of ketones is 1. The van der Waals surface area contributed by atoms with Crippen molar-refractivity contribution in [3.63, 3.8) is 0 Å². The number of ether oxygens (including phenoxy) is 2. The number of benzene rings is 1. The summed E-state index contributed by atoms with van der Waals surface area (Å²) in [6.07, 6.45) is -0.313. The van der Waals surface area contributed by atoms with Crippen molar-refractivity contribution in [2.45, 2.75) is 13.2 Å². The first-order chi connectivity index (χ1) is 8.17. The molecule has 0 saturated heterocycles. The number of hydrogen-bond donors (Lipinski definition) is 1. The second-order valence-corrected chi connectivity index (χ2v) is 3.46. The number of Topliss-reactive ketones (excluding diaryl/α,β-unsaturated/α-hetero) is 1. The molecule has 0 fully saturated rings. The lowest BCUT2D eigenvalue weighted by Crippen LogP contribution is -2.32. The summed E-state index contributed by atoms with van der Waals surface area (Å²) in [4.78, 5) is 11.9. The second kappa shape index (κ2) is 4.55. The van der Waals surface area contributed by atoms with Gasteiger partial charge in [-0.15, -0.1) is 0 Å². The Balaban J connectivity index is 2.45. The molecule has 1 heterocycles. The standard InChI is InChI=1S/C12H11FO4/c1-2-16-12-9(6-14)11(15)8-5-7(13)3-4-10(8)17-12/h3-6,12,14H,2H2,1H3/b9-6+. The fourth-order valence-electron chi connectivity index (χ4n) is 1.62. The van der Waals surface area contributed by atoms with E-state index in [1.165, 1.54) is 12.1 Å². The van der Waals surface area contributed by atoms with Crippen molar-refractivity contribution in [2.24, 2.45) is 0 Å². The van der Waals surface area contributed by atoms with E-state index in [-0.39, 0.29) is 16.9 Å². The summed E-state index contributed by atoms with van der Waals surface area (Å²) in [5.41, 5.74) is 0.0474. The summed E-state index contributed by atoms with van der Waals surface area (Å²) in [6, 6.07) is 3.63. The Kier molecular flexibility index (Phi) is 3.10. The van der Waals surface area contributed by atoms with Crippen LogP contribution in [0, 0.1) is 5.82 Å². The molecule has 1 aliphatic rings. The number of carbonyl (C=O) groups excluding carboxylic acids is 1. The SMILES string of the molecule is CCOC1Oc2ccc(F)cc2C(=O)/C1=C\O. The first-order valence-electron chi connectivity index (χ1n) is 5.14. The minimum atomic E-state index is -0.949. The zero-order chi connectivity index (χ0) is 12.4. The van der Waals surface area contributed by atoms with Gasteiger partial charge in [0.2, 0.25) is 12.1 Å². The Morgan fingerprint density at radius 2 is 2.35 bits per heavy atom. The van der Waals surface area contributed by atoms with Gasteiger partial charge in [0, 0.05) is 6.61 Å². The third-order valence-electron chi connectivity index (χ3n) is 2.39. The Labute approximate surface area is 97.3 Å². The van der Waals surface area contributed by atoms with Crippen LogP contribution in [0.15, 0.2) is 30.0 Å². The van der Waals surface area contributed by atoms with Crippen molar-refractivity contribution in [1.29, 1.82) is 0 Å². The molecular formula is C12H11FO4. The third-order valence-corrected chi connectivity index (χ3v) is 2.39.